The van der Waals surface area contributed by atoms with Crippen molar-refractivity contribution in [1.82, 2.24) is 4.90 Å². The third-order valence-electron chi connectivity index (χ3n) is 2.53. The van der Waals surface area contributed by atoms with Crippen LogP contribution in [0.3, 0.4) is 0 Å². The summed E-state index contributed by atoms with van der Waals surface area (Å²) < 4.78 is 10.1. The van der Waals surface area contributed by atoms with Gasteiger partial charge in [-0.25, -0.2) is 4.79 Å². The van der Waals surface area contributed by atoms with E-state index in [1.165, 1.54) is 0 Å². The fourth-order valence-electron chi connectivity index (χ4n) is 1.68. The van der Waals surface area contributed by atoms with Crippen molar-refractivity contribution < 1.29 is 13.9 Å². The molecule has 15 heavy (non-hydrogen) atoms. The van der Waals surface area contributed by atoms with Gasteiger partial charge in [0.25, 0.3) is 0 Å². The highest BCUT2D eigenvalue weighted by Gasteiger charge is 2.29. The zero-order valence-electron chi connectivity index (χ0n) is 8.39. The van der Waals surface area contributed by atoms with Gasteiger partial charge in [0, 0.05) is 13.0 Å². The third kappa shape index (κ3) is 2.12. The largest absolute Gasteiger partial charge is 0.467 e. The van der Waals surface area contributed by atoms with Gasteiger partial charge in [0.1, 0.15) is 5.76 Å². The first-order valence-electron chi connectivity index (χ1n) is 4.97. The molecule has 1 atom stereocenters. The SMILES string of the molecule is NCC1CCOC(=O)N1Cc1ccco1. The number of cyclic esters (lactones) is 1. The third-order valence-corrected chi connectivity index (χ3v) is 2.53. The lowest BCUT2D eigenvalue weighted by Crippen LogP contribution is -2.48. The van der Waals surface area contributed by atoms with Gasteiger partial charge in [-0.15, -0.1) is 0 Å². The second-order valence-electron chi connectivity index (χ2n) is 3.50. The number of hydrogen-bond donors (Lipinski definition) is 1. The summed E-state index contributed by atoms with van der Waals surface area (Å²) in [6, 6.07) is 3.67. The van der Waals surface area contributed by atoms with Crippen LogP contribution >= 0.6 is 0 Å². The van der Waals surface area contributed by atoms with E-state index in [4.69, 9.17) is 14.9 Å². The van der Waals surface area contributed by atoms with Crippen LogP contribution < -0.4 is 5.73 Å². The molecule has 1 saturated heterocycles. The van der Waals surface area contributed by atoms with Crippen LogP contribution in [0, 0.1) is 0 Å². The Bertz CT molecular complexity index is 323. The van der Waals surface area contributed by atoms with Crippen LogP contribution in [-0.4, -0.2) is 30.2 Å². The standard InChI is InChI=1S/C10H14N2O3/c11-6-8-3-5-15-10(13)12(8)7-9-2-1-4-14-9/h1-2,4,8H,3,5-7,11H2. The minimum atomic E-state index is -0.312. The number of furan rings is 1. The van der Waals surface area contributed by atoms with Crippen molar-refractivity contribution >= 4 is 6.09 Å². The lowest BCUT2D eigenvalue weighted by Gasteiger charge is -2.33. The molecule has 1 aliphatic heterocycles. The Morgan fingerprint density at radius 3 is 3.13 bits per heavy atom. The first-order valence-corrected chi connectivity index (χ1v) is 4.97. The zero-order valence-corrected chi connectivity index (χ0v) is 8.39. The highest BCUT2D eigenvalue weighted by molar-refractivity contribution is 5.68. The topological polar surface area (TPSA) is 68.7 Å². The summed E-state index contributed by atoms with van der Waals surface area (Å²) in [7, 11) is 0. The maximum absolute atomic E-state index is 11.5. The number of carbonyl (C=O) groups excluding carboxylic acids is 1. The average Bonchev–Trinajstić information content (AvgIpc) is 2.74. The molecular weight excluding hydrogens is 196 g/mol. The van der Waals surface area contributed by atoms with E-state index in [-0.39, 0.29) is 12.1 Å². The highest BCUT2D eigenvalue weighted by Crippen LogP contribution is 2.16. The van der Waals surface area contributed by atoms with Crippen molar-refractivity contribution in [2.24, 2.45) is 5.73 Å². The van der Waals surface area contributed by atoms with Crippen molar-refractivity contribution in [3.8, 4) is 0 Å². The zero-order chi connectivity index (χ0) is 10.7. The van der Waals surface area contributed by atoms with Crippen molar-refractivity contribution in [2.45, 2.75) is 19.0 Å². The van der Waals surface area contributed by atoms with E-state index >= 15 is 0 Å². The van der Waals surface area contributed by atoms with E-state index in [1.807, 2.05) is 6.07 Å². The minimum Gasteiger partial charge on any atom is -0.467 e. The molecule has 1 aromatic heterocycles. The number of carbonyl (C=O) groups is 1. The van der Waals surface area contributed by atoms with Crippen molar-refractivity contribution in [3.05, 3.63) is 24.2 Å². The van der Waals surface area contributed by atoms with Crippen LogP contribution in [0.2, 0.25) is 0 Å². The summed E-state index contributed by atoms with van der Waals surface area (Å²) in [5.74, 6) is 0.743. The molecule has 2 rings (SSSR count). The van der Waals surface area contributed by atoms with Crippen LogP contribution in [0.4, 0.5) is 4.79 Å². The summed E-state index contributed by atoms with van der Waals surface area (Å²) in [5, 5.41) is 0. The maximum atomic E-state index is 11.5. The Morgan fingerprint density at radius 2 is 2.47 bits per heavy atom. The molecule has 0 spiro atoms. The van der Waals surface area contributed by atoms with Crippen molar-refractivity contribution in [1.29, 1.82) is 0 Å². The summed E-state index contributed by atoms with van der Waals surface area (Å²) in [6.45, 7) is 1.33. The second-order valence-corrected chi connectivity index (χ2v) is 3.50. The molecule has 5 nitrogen and oxygen atoms in total. The number of nitrogens with two attached hydrogens (primary N) is 1. The molecule has 1 unspecified atom stereocenters. The van der Waals surface area contributed by atoms with Gasteiger partial charge in [-0.2, -0.15) is 0 Å². The monoisotopic (exact) mass is 210 g/mol. The fourth-order valence-corrected chi connectivity index (χ4v) is 1.68. The Morgan fingerprint density at radius 1 is 1.60 bits per heavy atom. The summed E-state index contributed by atoms with van der Waals surface area (Å²) in [6.07, 6.45) is 2.05. The van der Waals surface area contributed by atoms with Crippen LogP contribution in [0.15, 0.2) is 22.8 Å². The number of amides is 1. The Balaban J connectivity index is 2.06. The van der Waals surface area contributed by atoms with E-state index in [0.717, 1.165) is 12.2 Å². The Kier molecular flexibility index (Phi) is 2.91. The molecule has 5 heteroatoms. The molecule has 2 N–H and O–H groups in total. The minimum absolute atomic E-state index is 0.0522. The number of nitrogens with zero attached hydrogens (tertiary/aromatic N) is 1. The van der Waals surface area contributed by atoms with Crippen LogP contribution in [-0.2, 0) is 11.3 Å². The molecule has 1 fully saturated rings. The molecule has 0 radical (unpaired) electrons. The van der Waals surface area contributed by atoms with E-state index < -0.39 is 0 Å². The van der Waals surface area contributed by atoms with Crippen molar-refractivity contribution in [3.63, 3.8) is 0 Å². The van der Waals surface area contributed by atoms with Gasteiger partial charge >= 0.3 is 6.09 Å². The van der Waals surface area contributed by atoms with Crippen molar-refractivity contribution in [2.75, 3.05) is 13.2 Å². The Hall–Kier alpha value is -1.49. The summed E-state index contributed by atoms with van der Waals surface area (Å²) >= 11 is 0. The van der Waals surface area contributed by atoms with Gasteiger partial charge < -0.3 is 14.9 Å². The van der Waals surface area contributed by atoms with E-state index in [2.05, 4.69) is 0 Å². The first-order chi connectivity index (χ1) is 7.31. The smallest absolute Gasteiger partial charge is 0.410 e. The van der Waals surface area contributed by atoms with Crippen LogP contribution in [0.25, 0.3) is 0 Å². The first kappa shape index (κ1) is 10.0. The average molecular weight is 210 g/mol. The van der Waals surface area contributed by atoms with Gasteiger partial charge in [0.05, 0.1) is 25.5 Å². The van der Waals surface area contributed by atoms with Crippen LogP contribution in [0.5, 0.6) is 0 Å². The molecule has 1 aliphatic rings. The van der Waals surface area contributed by atoms with E-state index in [1.54, 1.807) is 17.2 Å². The summed E-state index contributed by atoms with van der Waals surface area (Å²) in [5.41, 5.74) is 5.60. The number of ether oxygens (including phenoxy) is 1. The number of rotatable bonds is 3. The molecule has 2 heterocycles. The molecule has 1 aromatic rings. The molecule has 1 amide bonds. The molecule has 0 aromatic carbocycles. The van der Waals surface area contributed by atoms with Gasteiger partial charge in [-0.05, 0) is 12.1 Å². The molecule has 0 saturated carbocycles. The maximum Gasteiger partial charge on any atom is 0.410 e. The lowest BCUT2D eigenvalue weighted by molar-refractivity contribution is 0.0400. The Labute approximate surface area is 87.8 Å². The van der Waals surface area contributed by atoms with E-state index in [9.17, 15) is 4.79 Å². The second kappa shape index (κ2) is 4.35. The van der Waals surface area contributed by atoms with Gasteiger partial charge in [0.15, 0.2) is 0 Å². The van der Waals surface area contributed by atoms with Gasteiger partial charge in [-0.1, -0.05) is 0 Å². The molecule has 0 bridgehead atoms. The van der Waals surface area contributed by atoms with Crippen LogP contribution in [0.1, 0.15) is 12.2 Å². The quantitative estimate of drug-likeness (QED) is 0.806. The molecule has 82 valence electrons. The van der Waals surface area contributed by atoms with E-state index in [0.29, 0.717) is 19.7 Å². The lowest BCUT2D eigenvalue weighted by atomic mass is 10.1. The predicted octanol–water partition coefficient (Wildman–Crippen LogP) is 0.949. The summed E-state index contributed by atoms with van der Waals surface area (Å²) in [4.78, 5) is 13.1. The van der Waals surface area contributed by atoms with Gasteiger partial charge in [0.2, 0.25) is 0 Å². The molecular formula is C10H14N2O3. The van der Waals surface area contributed by atoms with Gasteiger partial charge in [-0.3, -0.25) is 4.90 Å². The molecule has 0 aliphatic carbocycles. The number of hydrogen-bond acceptors (Lipinski definition) is 4. The normalized spacial score (nSPS) is 21.5. The highest BCUT2D eigenvalue weighted by atomic mass is 16.6. The predicted molar refractivity (Wildman–Crippen MR) is 53.1 cm³/mol. The fraction of sp³-hybridized carbons (Fsp3) is 0.500.